The summed E-state index contributed by atoms with van der Waals surface area (Å²) in [7, 11) is 0. The number of ether oxygens (including phenoxy) is 1. The fourth-order valence-corrected chi connectivity index (χ4v) is 3.00. The van der Waals surface area contributed by atoms with Crippen molar-refractivity contribution in [1.82, 2.24) is 0 Å². The normalized spacial score (nSPS) is 13.5. The average molecular weight is 324 g/mol. The van der Waals surface area contributed by atoms with Crippen LogP contribution in [0.3, 0.4) is 0 Å². The summed E-state index contributed by atoms with van der Waals surface area (Å²) >= 11 is 1.73. The first-order valence-corrected chi connectivity index (χ1v) is 9.02. The number of thioether (sulfide) groups is 1. The molecule has 0 bridgehead atoms. The lowest BCUT2D eigenvalue weighted by atomic mass is 10.1. The number of unbranched alkanes of at least 4 members (excludes halogenated alkanes) is 1. The predicted octanol–water partition coefficient (Wildman–Crippen LogP) is 5.30. The highest BCUT2D eigenvalue weighted by Crippen LogP contribution is 2.26. The molecule has 0 spiro atoms. The summed E-state index contributed by atoms with van der Waals surface area (Å²) in [4.78, 5) is 11.4. The molecule has 0 saturated heterocycles. The van der Waals surface area contributed by atoms with Gasteiger partial charge in [-0.3, -0.25) is 4.79 Å². The van der Waals surface area contributed by atoms with E-state index in [0.717, 1.165) is 18.6 Å². The van der Waals surface area contributed by atoms with E-state index in [0.29, 0.717) is 25.4 Å². The van der Waals surface area contributed by atoms with E-state index < -0.39 is 5.92 Å². The second-order valence-electron chi connectivity index (χ2n) is 5.75. The van der Waals surface area contributed by atoms with Gasteiger partial charge in [-0.05, 0) is 30.9 Å². The first-order chi connectivity index (χ1) is 9.82. The lowest BCUT2D eigenvalue weighted by Crippen LogP contribution is -2.21. The highest BCUT2D eigenvalue weighted by Gasteiger charge is 2.25. The number of hydrogen-bond donors (Lipinski definition) is 0. The molecule has 0 rings (SSSR count). The third kappa shape index (κ3) is 11.0. The lowest BCUT2D eigenvalue weighted by molar-refractivity contribution is -0.143. The summed E-state index contributed by atoms with van der Waals surface area (Å²) in [5.74, 6) is -1.42. The second-order valence-corrected chi connectivity index (χ2v) is 7.10. The minimum Gasteiger partial charge on any atom is -0.464 e. The van der Waals surface area contributed by atoms with Crippen molar-refractivity contribution in [2.75, 3.05) is 12.4 Å². The smallest absolute Gasteiger partial charge is 0.305 e. The molecule has 0 aliphatic carbocycles. The van der Waals surface area contributed by atoms with Gasteiger partial charge in [0.25, 0.3) is 0 Å². The molecule has 0 fully saturated rings. The highest BCUT2D eigenvalue weighted by atomic mass is 32.2. The van der Waals surface area contributed by atoms with E-state index in [4.69, 9.17) is 4.74 Å². The number of alkyl halides is 2. The molecule has 0 aliphatic rings. The number of halogens is 2. The largest absolute Gasteiger partial charge is 0.464 e. The van der Waals surface area contributed by atoms with Gasteiger partial charge in [-0.25, -0.2) is 8.78 Å². The Bertz CT molecular complexity index is 283. The summed E-state index contributed by atoms with van der Waals surface area (Å²) in [6.07, 6.45) is 2.48. The monoisotopic (exact) mass is 324 g/mol. The van der Waals surface area contributed by atoms with E-state index in [-0.39, 0.29) is 24.1 Å². The minimum atomic E-state index is -2.52. The zero-order valence-corrected chi connectivity index (χ0v) is 14.6. The molecule has 21 heavy (non-hydrogen) atoms. The molecule has 0 aromatic heterocycles. The Balaban J connectivity index is 3.87. The fourth-order valence-electron chi connectivity index (χ4n) is 1.78. The molecule has 0 N–H and O–H groups in total. The van der Waals surface area contributed by atoms with Crippen LogP contribution in [-0.2, 0) is 9.53 Å². The van der Waals surface area contributed by atoms with Gasteiger partial charge in [0.1, 0.15) is 6.61 Å². The topological polar surface area (TPSA) is 26.3 Å². The van der Waals surface area contributed by atoms with Crippen LogP contribution in [0.1, 0.15) is 66.2 Å². The highest BCUT2D eigenvalue weighted by molar-refractivity contribution is 7.99. The van der Waals surface area contributed by atoms with E-state index in [1.165, 1.54) is 6.92 Å². The number of carbonyl (C=O) groups excluding carboxylic acids is 1. The van der Waals surface area contributed by atoms with Crippen molar-refractivity contribution in [2.45, 2.75) is 77.4 Å². The average Bonchev–Trinajstić information content (AvgIpc) is 2.41. The van der Waals surface area contributed by atoms with Crippen LogP contribution in [-0.4, -0.2) is 29.5 Å². The molecule has 0 aliphatic heterocycles. The quantitative estimate of drug-likeness (QED) is 0.360. The van der Waals surface area contributed by atoms with E-state index in [1.807, 2.05) is 6.92 Å². The van der Waals surface area contributed by atoms with Crippen LogP contribution < -0.4 is 0 Å². The van der Waals surface area contributed by atoms with Gasteiger partial charge in [-0.15, -0.1) is 0 Å². The Morgan fingerprint density at radius 1 is 1.24 bits per heavy atom. The Morgan fingerprint density at radius 2 is 1.90 bits per heavy atom. The molecular weight excluding hydrogens is 294 g/mol. The number of hydrogen-bond acceptors (Lipinski definition) is 3. The van der Waals surface area contributed by atoms with E-state index >= 15 is 0 Å². The van der Waals surface area contributed by atoms with Gasteiger partial charge in [0.2, 0.25) is 5.92 Å². The number of carbonyl (C=O) groups is 1. The second kappa shape index (κ2) is 11.3. The van der Waals surface area contributed by atoms with Crippen molar-refractivity contribution in [3.63, 3.8) is 0 Å². The molecule has 5 heteroatoms. The molecule has 0 aromatic carbocycles. The van der Waals surface area contributed by atoms with Crippen LogP contribution in [0.5, 0.6) is 0 Å². The van der Waals surface area contributed by atoms with Crippen LogP contribution in [0, 0.1) is 5.92 Å². The first kappa shape index (κ1) is 20.7. The Hall–Kier alpha value is -0.320. The van der Waals surface area contributed by atoms with Crippen LogP contribution in [0.15, 0.2) is 0 Å². The summed E-state index contributed by atoms with van der Waals surface area (Å²) < 4.78 is 31.4. The zero-order chi connectivity index (χ0) is 16.3. The maximum absolute atomic E-state index is 13.1. The van der Waals surface area contributed by atoms with Crippen LogP contribution in [0.25, 0.3) is 0 Å². The van der Waals surface area contributed by atoms with Crippen molar-refractivity contribution in [3.8, 4) is 0 Å². The van der Waals surface area contributed by atoms with E-state index in [2.05, 4.69) is 13.8 Å². The Labute approximate surface area is 132 Å². The first-order valence-electron chi connectivity index (χ1n) is 7.97. The maximum atomic E-state index is 13.1. The number of rotatable bonds is 12. The predicted molar refractivity (Wildman–Crippen MR) is 86.0 cm³/mol. The molecule has 2 nitrogen and oxygen atoms in total. The Morgan fingerprint density at radius 3 is 2.43 bits per heavy atom. The van der Waals surface area contributed by atoms with E-state index in [9.17, 15) is 13.6 Å². The van der Waals surface area contributed by atoms with Crippen LogP contribution >= 0.6 is 11.8 Å². The number of esters is 1. The summed E-state index contributed by atoms with van der Waals surface area (Å²) in [5, 5.41) is 0.248. The van der Waals surface area contributed by atoms with Gasteiger partial charge in [-0.2, -0.15) is 11.8 Å². The maximum Gasteiger partial charge on any atom is 0.305 e. The van der Waals surface area contributed by atoms with Crippen molar-refractivity contribution < 1.29 is 18.3 Å². The van der Waals surface area contributed by atoms with Crippen molar-refractivity contribution in [2.24, 2.45) is 5.92 Å². The standard InChI is InChI=1S/C16H30F2O2S/c1-5-9-15(19)20-12-14(13(3)4)21-11-8-7-10-16(17,18)6-2/h13-14H,5-12H2,1-4H3. The Kier molecular flexibility index (Phi) is 11.1. The third-order valence-corrected chi connectivity index (χ3v) is 5.03. The van der Waals surface area contributed by atoms with Crippen LogP contribution in [0.4, 0.5) is 8.78 Å². The van der Waals surface area contributed by atoms with Gasteiger partial charge < -0.3 is 4.74 Å². The van der Waals surface area contributed by atoms with Gasteiger partial charge in [0.15, 0.2) is 0 Å². The van der Waals surface area contributed by atoms with Crippen molar-refractivity contribution >= 4 is 17.7 Å². The van der Waals surface area contributed by atoms with Crippen molar-refractivity contribution in [1.29, 1.82) is 0 Å². The SMILES string of the molecule is CCCC(=O)OCC(SCCCCC(F)(F)CC)C(C)C. The third-order valence-electron chi connectivity index (χ3n) is 3.39. The molecule has 0 amide bonds. The summed E-state index contributed by atoms with van der Waals surface area (Å²) in [6.45, 7) is 8.08. The van der Waals surface area contributed by atoms with Gasteiger partial charge >= 0.3 is 5.97 Å². The summed E-state index contributed by atoms with van der Waals surface area (Å²) in [5.41, 5.74) is 0. The fraction of sp³-hybridized carbons (Fsp3) is 0.938. The van der Waals surface area contributed by atoms with Crippen LogP contribution in [0.2, 0.25) is 0 Å². The molecule has 126 valence electrons. The molecule has 0 heterocycles. The molecule has 1 unspecified atom stereocenters. The zero-order valence-electron chi connectivity index (χ0n) is 13.8. The minimum absolute atomic E-state index is 0.0259. The molecule has 0 radical (unpaired) electrons. The van der Waals surface area contributed by atoms with Gasteiger partial charge in [0.05, 0.1) is 0 Å². The summed E-state index contributed by atoms with van der Waals surface area (Å²) in [6, 6.07) is 0. The molecule has 1 atom stereocenters. The molecule has 0 aromatic rings. The molecule has 0 saturated carbocycles. The van der Waals surface area contributed by atoms with Gasteiger partial charge in [0, 0.05) is 24.5 Å². The van der Waals surface area contributed by atoms with Gasteiger partial charge in [-0.1, -0.05) is 27.7 Å². The van der Waals surface area contributed by atoms with E-state index in [1.54, 1.807) is 11.8 Å². The molecular formula is C16H30F2O2S. The lowest BCUT2D eigenvalue weighted by Gasteiger charge is -2.20. The van der Waals surface area contributed by atoms with Crippen molar-refractivity contribution in [3.05, 3.63) is 0 Å².